The minimum absolute atomic E-state index is 0.117. The third kappa shape index (κ3) is 2.51. The van der Waals surface area contributed by atoms with E-state index < -0.39 is 5.97 Å². The highest BCUT2D eigenvalue weighted by Crippen LogP contribution is 2.22. The van der Waals surface area contributed by atoms with Crippen LogP contribution in [0.1, 0.15) is 28.4 Å². The highest BCUT2D eigenvalue weighted by Gasteiger charge is 2.15. The number of carbonyl (C=O) groups excluding carboxylic acids is 1. The van der Waals surface area contributed by atoms with Crippen LogP contribution in [0.25, 0.3) is 0 Å². The maximum absolute atomic E-state index is 11.5. The zero-order valence-electron chi connectivity index (χ0n) is 8.66. The normalized spacial score (nSPS) is 9.62. The Labute approximate surface area is 98.0 Å². The van der Waals surface area contributed by atoms with E-state index in [0.717, 1.165) is 0 Å². The first-order valence-corrected chi connectivity index (χ1v) is 5.02. The number of hydrogen-bond acceptors (Lipinski definition) is 4. The molecule has 0 saturated heterocycles. The average Bonchev–Trinajstić information content (AvgIpc) is 2.29. The molecule has 0 fully saturated rings. The smallest absolute Gasteiger partial charge is 0.339 e. The molecule has 0 bridgehead atoms. The SMILES string of the molecule is CCOC(=O)c1cc(Cl)c(CO)cc1C#N. The van der Waals surface area contributed by atoms with Crippen molar-refractivity contribution in [3.8, 4) is 6.07 Å². The lowest BCUT2D eigenvalue weighted by atomic mass is 10.1. The molecular formula is C11H10ClNO3. The Hall–Kier alpha value is -1.57. The van der Waals surface area contributed by atoms with Crippen LogP contribution in [-0.2, 0) is 11.3 Å². The summed E-state index contributed by atoms with van der Waals surface area (Å²) in [4.78, 5) is 11.5. The number of hydrogen-bond donors (Lipinski definition) is 1. The van der Waals surface area contributed by atoms with Gasteiger partial charge < -0.3 is 9.84 Å². The van der Waals surface area contributed by atoms with E-state index >= 15 is 0 Å². The van der Waals surface area contributed by atoms with Crippen molar-refractivity contribution in [3.05, 3.63) is 33.8 Å². The van der Waals surface area contributed by atoms with Crippen LogP contribution in [0.15, 0.2) is 12.1 Å². The molecule has 0 aliphatic rings. The fraction of sp³-hybridized carbons (Fsp3) is 0.273. The van der Waals surface area contributed by atoms with Crippen LogP contribution in [-0.4, -0.2) is 17.7 Å². The van der Waals surface area contributed by atoms with Crippen molar-refractivity contribution in [3.63, 3.8) is 0 Å². The molecule has 4 nitrogen and oxygen atoms in total. The quantitative estimate of drug-likeness (QED) is 0.818. The van der Waals surface area contributed by atoms with E-state index in [2.05, 4.69) is 0 Å². The first-order chi connectivity index (χ1) is 7.63. The lowest BCUT2D eigenvalue weighted by molar-refractivity contribution is 0.0526. The molecule has 0 amide bonds. The maximum Gasteiger partial charge on any atom is 0.339 e. The molecule has 0 heterocycles. The van der Waals surface area contributed by atoms with Gasteiger partial charge in [-0.2, -0.15) is 5.26 Å². The van der Waals surface area contributed by atoms with Crippen LogP contribution < -0.4 is 0 Å². The highest BCUT2D eigenvalue weighted by atomic mass is 35.5. The summed E-state index contributed by atoms with van der Waals surface area (Å²) >= 11 is 5.83. The molecule has 0 atom stereocenters. The van der Waals surface area contributed by atoms with Crippen molar-refractivity contribution >= 4 is 17.6 Å². The van der Waals surface area contributed by atoms with Gasteiger partial charge in [0, 0.05) is 5.02 Å². The number of rotatable bonds is 3. The minimum Gasteiger partial charge on any atom is -0.462 e. The molecule has 0 radical (unpaired) electrons. The summed E-state index contributed by atoms with van der Waals surface area (Å²) in [6.07, 6.45) is 0. The Morgan fingerprint density at radius 3 is 2.81 bits per heavy atom. The summed E-state index contributed by atoms with van der Waals surface area (Å²) in [6.45, 7) is 1.62. The largest absolute Gasteiger partial charge is 0.462 e. The van der Waals surface area contributed by atoms with Crippen LogP contribution in [0.5, 0.6) is 0 Å². The maximum atomic E-state index is 11.5. The molecule has 1 rings (SSSR count). The monoisotopic (exact) mass is 239 g/mol. The van der Waals surface area contributed by atoms with Crippen LogP contribution in [0.2, 0.25) is 5.02 Å². The summed E-state index contributed by atoms with van der Waals surface area (Å²) in [7, 11) is 0. The van der Waals surface area contributed by atoms with Gasteiger partial charge in [0.15, 0.2) is 0 Å². The van der Waals surface area contributed by atoms with Crippen LogP contribution in [0.4, 0.5) is 0 Å². The summed E-state index contributed by atoms with van der Waals surface area (Å²) in [5.74, 6) is -0.592. The number of esters is 1. The topological polar surface area (TPSA) is 70.3 Å². The number of aliphatic hydroxyl groups excluding tert-OH is 1. The van der Waals surface area contributed by atoms with Gasteiger partial charge in [0.1, 0.15) is 6.07 Å². The summed E-state index contributed by atoms with van der Waals surface area (Å²) in [5, 5.41) is 18.1. The summed E-state index contributed by atoms with van der Waals surface area (Å²) in [6, 6.07) is 4.59. The van der Waals surface area contributed by atoms with Crippen molar-refractivity contribution in [1.29, 1.82) is 5.26 Å². The van der Waals surface area contributed by atoms with Gasteiger partial charge >= 0.3 is 5.97 Å². The molecule has 0 aromatic heterocycles. The van der Waals surface area contributed by atoms with Gasteiger partial charge in [-0.25, -0.2) is 4.79 Å². The lowest BCUT2D eigenvalue weighted by Gasteiger charge is -2.07. The molecule has 1 aromatic rings. The van der Waals surface area contributed by atoms with Gasteiger partial charge in [-0.1, -0.05) is 11.6 Å². The van der Waals surface area contributed by atoms with Crippen LogP contribution in [0.3, 0.4) is 0 Å². The Morgan fingerprint density at radius 2 is 2.31 bits per heavy atom. The molecule has 1 N–H and O–H groups in total. The highest BCUT2D eigenvalue weighted by molar-refractivity contribution is 6.31. The third-order valence-corrected chi connectivity index (χ3v) is 2.32. The number of halogens is 1. The Bertz CT molecular complexity index is 451. The Morgan fingerprint density at radius 1 is 1.62 bits per heavy atom. The van der Waals surface area contributed by atoms with E-state index in [1.807, 2.05) is 6.07 Å². The predicted molar refractivity (Wildman–Crippen MR) is 58.0 cm³/mol. The molecule has 0 saturated carbocycles. The number of carbonyl (C=O) groups is 1. The molecule has 0 spiro atoms. The van der Waals surface area contributed by atoms with Gasteiger partial charge in [0.25, 0.3) is 0 Å². The van der Waals surface area contributed by atoms with Gasteiger partial charge in [-0.15, -0.1) is 0 Å². The van der Waals surface area contributed by atoms with E-state index in [1.165, 1.54) is 12.1 Å². The molecule has 1 aromatic carbocycles. The minimum atomic E-state index is -0.592. The fourth-order valence-electron chi connectivity index (χ4n) is 1.21. The second-order valence-electron chi connectivity index (χ2n) is 2.98. The van der Waals surface area contributed by atoms with Gasteiger partial charge in [0.05, 0.1) is 24.3 Å². The second kappa shape index (κ2) is 5.50. The first-order valence-electron chi connectivity index (χ1n) is 4.64. The van der Waals surface area contributed by atoms with E-state index in [4.69, 9.17) is 26.7 Å². The molecule has 84 valence electrons. The molecule has 5 heteroatoms. The third-order valence-electron chi connectivity index (χ3n) is 1.97. The second-order valence-corrected chi connectivity index (χ2v) is 3.39. The molecule has 0 aliphatic carbocycles. The van der Waals surface area contributed by atoms with Gasteiger partial charge in [-0.05, 0) is 24.6 Å². The number of nitrogens with zero attached hydrogens (tertiary/aromatic N) is 1. The van der Waals surface area contributed by atoms with Crippen molar-refractivity contribution in [1.82, 2.24) is 0 Å². The summed E-state index contributed by atoms with van der Waals surface area (Å²) < 4.78 is 4.79. The van der Waals surface area contributed by atoms with E-state index in [9.17, 15) is 4.79 Å². The van der Waals surface area contributed by atoms with Gasteiger partial charge in [0.2, 0.25) is 0 Å². The summed E-state index contributed by atoms with van der Waals surface area (Å²) in [5.41, 5.74) is 0.671. The number of aliphatic hydroxyl groups is 1. The van der Waals surface area contributed by atoms with Crippen molar-refractivity contribution in [2.45, 2.75) is 13.5 Å². The number of ether oxygens (including phenoxy) is 1. The zero-order chi connectivity index (χ0) is 12.1. The predicted octanol–water partition coefficient (Wildman–Crippen LogP) is 1.88. The van der Waals surface area contributed by atoms with E-state index in [0.29, 0.717) is 5.56 Å². The molecular weight excluding hydrogens is 230 g/mol. The first kappa shape index (κ1) is 12.5. The number of benzene rings is 1. The van der Waals surface area contributed by atoms with E-state index in [-0.39, 0.29) is 29.4 Å². The standard InChI is InChI=1S/C11H10ClNO3/c1-2-16-11(15)9-4-10(12)8(6-14)3-7(9)5-13/h3-4,14H,2,6H2,1H3. The van der Waals surface area contributed by atoms with Gasteiger partial charge in [-0.3, -0.25) is 0 Å². The van der Waals surface area contributed by atoms with Crippen molar-refractivity contribution < 1.29 is 14.6 Å². The number of nitriles is 1. The molecule has 0 unspecified atom stereocenters. The molecule has 16 heavy (non-hydrogen) atoms. The Balaban J connectivity index is 3.24. The zero-order valence-corrected chi connectivity index (χ0v) is 9.41. The van der Waals surface area contributed by atoms with E-state index in [1.54, 1.807) is 6.92 Å². The van der Waals surface area contributed by atoms with Crippen molar-refractivity contribution in [2.24, 2.45) is 0 Å². The fourth-order valence-corrected chi connectivity index (χ4v) is 1.43. The lowest BCUT2D eigenvalue weighted by Crippen LogP contribution is -2.07. The average molecular weight is 240 g/mol. The van der Waals surface area contributed by atoms with Crippen LogP contribution in [0, 0.1) is 11.3 Å². The van der Waals surface area contributed by atoms with Crippen LogP contribution >= 0.6 is 11.6 Å². The molecule has 0 aliphatic heterocycles. The van der Waals surface area contributed by atoms with Crippen molar-refractivity contribution in [2.75, 3.05) is 6.61 Å². The Kier molecular flexibility index (Phi) is 4.29.